The third kappa shape index (κ3) is 3.69. The molecule has 4 heteroatoms. The van der Waals surface area contributed by atoms with Crippen molar-refractivity contribution in [3.63, 3.8) is 0 Å². The fraction of sp³-hybridized carbons (Fsp3) is 0.267. The van der Waals surface area contributed by atoms with Crippen molar-refractivity contribution in [1.82, 2.24) is 5.32 Å². The molecule has 0 saturated carbocycles. The highest BCUT2D eigenvalue weighted by Gasteiger charge is 2.09. The van der Waals surface area contributed by atoms with E-state index in [-0.39, 0.29) is 5.91 Å². The molecule has 0 unspecified atom stereocenters. The van der Waals surface area contributed by atoms with Crippen LogP contribution in [0.1, 0.15) is 27.4 Å². The van der Waals surface area contributed by atoms with Gasteiger partial charge in [-0.05, 0) is 31.0 Å². The van der Waals surface area contributed by atoms with Crippen molar-refractivity contribution >= 4 is 5.91 Å². The van der Waals surface area contributed by atoms with Crippen molar-refractivity contribution in [1.29, 1.82) is 0 Å². The van der Waals surface area contributed by atoms with Crippen LogP contribution in [-0.2, 0) is 13.0 Å². The molecule has 0 radical (unpaired) electrons. The lowest BCUT2D eigenvalue weighted by molar-refractivity contribution is 0.0924. The number of benzene rings is 1. The second-order valence-corrected chi connectivity index (χ2v) is 4.47. The van der Waals surface area contributed by atoms with Crippen LogP contribution in [0.4, 0.5) is 0 Å². The summed E-state index contributed by atoms with van der Waals surface area (Å²) < 4.78 is 5.28. The van der Waals surface area contributed by atoms with Crippen molar-refractivity contribution in [3.8, 4) is 0 Å². The predicted octanol–water partition coefficient (Wildman–Crippen LogP) is 2.02. The molecule has 0 aliphatic carbocycles. The predicted molar refractivity (Wildman–Crippen MR) is 73.8 cm³/mol. The fourth-order valence-electron chi connectivity index (χ4n) is 1.88. The average molecular weight is 258 g/mol. The Hall–Kier alpha value is -2.07. The number of carbonyl (C=O) groups is 1. The smallest absolute Gasteiger partial charge is 0.287 e. The summed E-state index contributed by atoms with van der Waals surface area (Å²) in [7, 11) is 0. The minimum absolute atomic E-state index is 0.202. The van der Waals surface area contributed by atoms with E-state index in [1.807, 2.05) is 6.07 Å². The highest BCUT2D eigenvalue weighted by molar-refractivity contribution is 5.91. The lowest BCUT2D eigenvalue weighted by Gasteiger charge is -2.04. The Morgan fingerprint density at radius 2 is 2.16 bits per heavy atom. The largest absolute Gasteiger partial charge is 0.455 e. The molecule has 0 aliphatic heterocycles. The Bertz CT molecular complexity index is 561. The molecule has 4 nitrogen and oxygen atoms in total. The van der Waals surface area contributed by atoms with E-state index < -0.39 is 0 Å². The van der Waals surface area contributed by atoms with Gasteiger partial charge in [-0.3, -0.25) is 4.79 Å². The Labute approximate surface area is 112 Å². The molecule has 0 aliphatic rings. The summed E-state index contributed by atoms with van der Waals surface area (Å²) in [6.07, 6.45) is 0.803. The van der Waals surface area contributed by atoms with E-state index in [0.717, 1.165) is 6.42 Å². The van der Waals surface area contributed by atoms with E-state index >= 15 is 0 Å². The molecular formula is C15H18N2O2. The van der Waals surface area contributed by atoms with Gasteiger partial charge in [-0.15, -0.1) is 0 Å². The van der Waals surface area contributed by atoms with Gasteiger partial charge in [-0.25, -0.2) is 0 Å². The summed E-state index contributed by atoms with van der Waals surface area (Å²) in [5.74, 6) is 0.723. The van der Waals surface area contributed by atoms with Crippen molar-refractivity contribution < 1.29 is 9.21 Å². The molecule has 1 aromatic carbocycles. The molecule has 1 aromatic heterocycles. The van der Waals surface area contributed by atoms with Crippen molar-refractivity contribution in [2.45, 2.75) is 19.9 Å². The highest BCUT2D eigenvalue weighted by atomic mass is 16.4. The number of carbonyl (C=O) groups excluding carboxylic acids is 1. The topological polar surface area (TPSA) is 68.3 Å². The SMILES string of the molecule is Cc1cccc(CCNC(=O)c2ccc(CN)o2)c1. The van der Waals surface area contributed by atoms with Gasteiger partial charge in [0, 0.05) is 6.54 Å². The van der Waals surface area contributed by atoms with Crippen molar-refractivity contribution in [2.75, 3.05) is 6.54 Å². The number of rotatable bonds is 5. The second kappa shape index (κ2) is 6.20. The zero-order valence-electron chi connectivity index (χ0n) is 11.0. The first-order valence-corrected chi connectivity index (χ1v) is 6.31. The van der Waals surface area contributed by atoms with Gasteiger partial charge in [0.1, 0.15) is 5.76 Å². The van der Waals surface area contributed by atoms with Crippen LogP contribution in [0.5, 0.6) is 0 Å². The Balaban J connectivity index is 1.84. The molecule has 2 aromatic rings. The molecule has 0 atom stereocenters. The van der Waals surface area contributed by atoms with Gasteiger partial charge in [-0.2, -0.15) is 0 Å². The molecule has 3 N–H and O–H groups in total. The maximum atomic E-state index is 11.8. The monoisotopic (exact) mass is 258 g/mol. The maximum absolute atomic E-state index is 11.8. The summed E-state index contributed by atoms with van der Waals surface area (Å²) >= 11 is 0. The van der Waals surface area contributed by atoms with Crippen LogP contribution in [0.15, 0.2) is 40.8 Å². The third-order valence-electron chi connectivity index (χ3n) is 2.87. The van der Waals surface area contributed by atoms with E-state index in [1.54, 1.807) is 12.1 Å². The van der Waals surface area contributed by atoms with E-state index in [0.29, 0.717) is 24.6 Å². The van der Waals surface area contributed by atoms with Gasteiger partial charge < -0.3 is 15.5 Å². The van der Waals surface area contributed by atoms with E-state index in [4.69, 9.17) is 10.2 Å². The standard InChI is InChI=1S/C15H18N2O2/c1-11-3-2-4-12(9-11)7-8-17-15(18)14-6-5-13(10-16)19-14/h2-6,9H,7-8,10,16H2,1H3,(H,17,18). The lowest BCUT2D eigenvalue weighted by atomic mass is 10.1. The number of furan rings is 1. The minimum atomic E-state index is -0.202. The highest BCUT2D eigenvalue weighted by Crippen LogP contribution is 2.07. The summed E-state index contributed by atoms with van der Waals surface area (Å²) in [6.45, 7) is 2.94. The normalized spacial score (nSPS) is 10.4. The third-order valence-corrected chi connectivity index (χ3v) is 2.87. The fourth-order valence-corrected chi connectivity index (χ4v) is 1.88. The molecule has 0 saturated heterocycles. The average Bonchev–Trinajstić information content (AvgIpc) is 2.87. The van der Waals surface area contributed by atoms with Crippen LogP contribution >= 0.6 is 0 Å². The first-order chi connectivity index (χ1) is 9.19. The number of hydrogen-bond acceptors (Lipinski definition) is 3. The van der Waals surface area contributed by atoms with Crippen LogP contribution in [0.3, 0.4) is 0 Å². The zero-order valence-corrected chi connectivity index (χ0v) is 11.0. The van der Waals surface area contributed by atoms with Crippen molar-refractivity contribution in [2.24, 2.45) is 5.73 Å². The van der Waals surface area contributed by atoms with Crippen LogP contribution in [-0.4, -0.2) is 12.5 Å². The minimum Gasteiger partial charge on any atom is -0.455 e. The zero-order chi connectivity index (χ0) is 13.7. The van der Waals surface area contributed by atoms with Crippen LogP contribution in [0.25, 0.3) is 0 Å². The quantitative estimate of drug-likeness (QED) is 0.862. The number of amides is 1. The molecule has 19 heavy (non-hydrogen) atoms. The molecule has 0 bridgehead atoms. The summed E-state index contributed by atoms with van der Waals surface area (Å²) in [4.78, 5) is 11.8. The molecule has 0 spiro atoms. The lowest BCUT2D eigenvalue weighted by Crippen LogP contribution is -2.25. The summed E-state index contributed by atoms with van der Waals surface area (Å²) in [6, 6.07) is 11.6. The van der Waals surface area contributed by atoms with Gasteiger partial charge >= 0.3 is 0 Å². The summed E-state index contributed by atoms with van der Waals surface area (Å²) in [5, 5.41) is 2.83. The second-order valence-electron chi connectivity index (χ2n) is 4.47. The van der Waals surface area contributed by atoms with Gasteiger partial charge in [0.25, 0.3) is 5.91 Å². The number of aryl methyl sites for hydroxylation is 1. The molecule has 1 heterocycles. The van der Waals surface area contributed by atoms with E-state index in [1.165, 1.54) is 11.1 Å². The first-order valence-electron chi connectivity index (χ1n) is 6.31. The van der Waals surface area contributed by atoms with E-state index in [9.17, 15) is 4.79 Å². The van der Waals surface area contributed by atoms with Gasteiger partial charge in [0.15, 0.2) is 5.76 Å². The molecule has 1 amide bonds. The number of hydrogen-bond donors (Lipinski definition) is 2. The Kier molecular flexibility index (Phi) is 4.36. The van der Waals surface area contributed by atoms with Gasteiger partial charge in [0.05, 0.1) is 6.54 Å². The van der Waals surface area contributed by atoms with Crippen LogP contribution < -0.4 is 11.1 Å². The van der Waals surface area contributed by atoms with E-state index in [2.05, 4.69) is 30.4 Å². The van der Waals surface area contributed by atoms with Crippen LogP contribution in [0, 0.1) is 6.92 Å². The molecular weight excluding hydrogens is 240 g/mol. The Morgan fingerprint density at radius 1 is 1.32 bits per heavy atom. The summed E-state index contributed by atoms with van der Waals surface area (Å²) in [5.41, 5.74) is 7.86. The van der Waals surface area contributed by atoms with Gasteiger partial charge in [0.2, 0.25) is 0 Å². The maximum Gasteiger partial charge on any atom is 0.287 e. The van der Waals surface area contributed by atoms with Crippen molar-refractivity contribution in [3.05, 3.63) is 59.0 Å². The molecule has 100 valence electrons. The molecule has 2 rings (SSSR count). The molecule has 0 fully saturated rings. The van der Waals surface area contributed by atoms with Gasteiger partial charge in [-0.1, -0.05) is 29.8 Å². The first kappa shape index (κ1) is 13.4. The number of nitrogens with two attached hydrogens (primary N) is 1. The number of nitrogens with one attached hydrogen (secondary N) is 1. The van der Waals surface area contributed by atoms with Crippen LogP contribution in [0.2, 0.25) is 0 Å². The Morgan fingerprint density at radius 3 is 2.84 bits per heavy atom.